The van der Waals surface area contributed by atoms with Crippen LogP contribution in [0.3, 0.4) is 0 Å². The zero-order valence-electron chi connectivity index (χ0n) is 15.2. The number of aromatic nitrogens is 1. The summed E-state index contributed by atoms with van der Waals surface area (Å²) in [6.07, 6.45) is 4.93. The van der Waals surface area contributed by atoms with Gasteiger partial charge in [-0.05, 0) is 57.2 Å². The number of hydrogen-bond acceptors (Lipinski definition) is 4. The number of nitrogens with one attached hydrogen (secondary N) is 2. The number of urea groups is 1. The molecule has 0 aromatic carbocycles. The molecule has 7 nitrogen and oxygen atoms in total. The second-order valence-corrected chi connectivity index (χ2v) is 7.35. The fraction of sp³-hybridized carbons (Fsp3) is 0.611. The molecule has 0 unspecified atom stereocenters. The molecule has 0 radical (unpaired) electrons. The van der Waals surface area contributed by atoms with Crippen LogP contribution < -0.4 is 10.6 Å². The molecule has 2 rings (SSSR count). The molecule has 1 aliphatic heterocycles. The number of piperidine rings is 1. The minimum atomic E-state index is -0.504. The number of hydrogen-bond donors (Lipinski definition) is 2. The van der Waals surface area contributed by atoms with Gasteiger partial charge in [-0.25, -0.2) is 9.59 Å². The third-order valence-corrected chi connectivity index (χ3v) is 3.93. The van der Waals surface area contributed by atoms with Crippen LogP contribution in [0.4, 0.5) is 9.59 Å². The van der Waals surface area contributed by atoms with Gasteiger partial charge in [-0.2, -0.15) is 0 Å². The molecule has 0 saturated carbocycles. The predicted octanol–water partition coefficient (Wildman–Crippen LogP) is 2.53. The van der Waals surface area contributed by atoms with Crippen molar-refractivity contribution in [1.82, 2.24) is 20.5 Å². The number of rotatable bonds is 4. The van der Waals surface area contributed by atoms with Crippen molar-refractivity contribution in [3.8, 4) is 0 Å². The number of carbonyl (C=O) groups excluding carboxylic acids is 2. The molecule has 1 fully saturated rings. The number of alkyl carbamates (subject to hydrolysis) is 1. The number of likely N-dealkylation sites (tertiary alicyclic amines) is 1. The Bertz CT molecular complexity index is 571. The smallest absolute Gasteiger partial charge is 0.407 e. The topological polar surface area (TPSA) is 83.6 Å². The molecule has 0 aliphatic carbocycles. The first-order valence-electron chi connectivity index (χ1n) is 8.72. The molecule has 25 heavy (non-hydrogen) atoms. The summed E-state index contributed by atoms with van der Waals surface area (Å²) >= 11 is 0. The van der Waals surface area contributed by atoms with E-state index in [1.165, 1.54) is 0 Å². The summed E-state index contributed by atoms with van der Waals surface area (Å²) < 4.78 is 5.24. The summed E-state index contributed by atoms with van der Waals surface area (Å²) in [6.45, 7) is 7.89. The lowest BCUT2D eigenvalue weighted by atomic mass is 9.98. The maximum Gasteiger partial charge on any atom is 0.407 e. The van der Waals surface area contributed by atoms with E-state index < -0.39 is 11.7 Å². The predicted molar refractivity (Wildman–Crippen MR) is 95.0 cm³/mol. The third kappa shape index (κ3) is 6.99. The summed E-state index contributed by atoms with van der Waals surface area (Å²) in [7, 11) is 0. The lowest BCUT2D eigenvalue weighted by molar-refractivity contribution is 0.0511. The van der Waals surface area contributed by atoms with Gasteiger partial charge in [0, 0.05) is 38.6 Å². The number of nitrogens with zero attached hydrogens (tertiary/aromatic N) is 2. The Morgan fingerprint density at radius 2 is 2.00 bits per heavy atom. The van der Waals surface area contributed by atoms with E-state index in [0.717, 1.165) is 24.9 Å². The van der Waals surface area contributed by atoms with Crippen LogP contribution in [0.15, 0.2) is 24.5 Å². The molecular formula is C18H28N4O3. The first-order chi connectivity index (χ1) is 11.8. The van der Waals surface area contributed by atoms with Gasteiger partial charge in [-0.3, -0.25) is 4.98 Å². The SMILES string of the molecule is CC(C)(C)OC(=O)NC[C@H]1CCCN(C(=O)NCc2ccncc2)C1. The van der Waals surface area contributed by atoms with Gasteiger partial charge in [0.15, 0.2) is 0 Å². The highest BCUT2D eigenvalue weighted by molar-refractivity contribution is 5.74. The van der Waals surface area contributed by atoms with Crippen molar-refractivity contribution in [1.29, 1.82) is 0 Å². The van der Waals surface area contributed by atoms with Crippen LogP contribution in [0.5, 0.6) is 0 Å². The van der Waals surface area contributed by atoms with Gasteiger partial charge in [0.2, 0.25) is 0 Å². The van der Waals surface area contributed by atoms with Crippen LogP contribution in [0.2, 0.25) is 0 Å². The first kappa shape index (κ1) is 19.0. The van der Waals surface area contributed by atoms with E-state index in [-0.39, 0.29) is 11.9 Å². The van der Waals surface area contributed by atoms with Crippen LogP contribution >= 0.6 is 0 Å². The normalized spacial score (nSPS) is 17.7. The molecular weight excluding hydrogens is 320 g/mol. The average molecular weight is 348 g/mol. The Morgan fingerprint density at radius 1 is 1.28 bits per heavy atom. The second kappa shape index (κ2) is 8.69. The minimum absolute atomic E-state index is 0.0706. The number of pyridine rings is 1. The molecule has 1 aromatic rings. The van der Waals surface area contributed by atoms with E-state index in [1.807, 2.05) is 37.8 Å². The zero-order valence-corrected chi connectivity index (χ0v) is 15.2. The summed E-state index contributed by atoms with van der Waals surface area (Å²) in [6, 6.07) is 3.69. The quantitative estimate of drug-likeness (QED) is 0.876. The Morgan fingerprint density at radius 3 is 2.68 bits per heavy atom. The number of ether oxygens (including phenoxy) is 1. The second-order valence-electron chi connectivity index (χ2n) is 7.35. The van der Waals surface area contributed by atoms with Gasteiger partial charge >= 0.3 is 12.1 Å². The van der Waals surface area contributed by atoms with Gasteiger partial charge in [0.25, 0.3) is 0 Å². The van der Waals surface area contributed by atoms with Crippen molar-refractivity contribution in [2.24, 2.45) is 5.92 Å². The number of amides is 3. The maximum absolute atomic E-state index is 12.3. The molecule has 3 amide bonds. The fourth-order valence-corrected chi connectivity index (χ4v) is 2.75. The lowest BCUT2D eigenvalue weighted by Gasteiger charge is -2.33. The fourth-order valence-electron chi connectivity index (χ4n) is 2.75. The standard InChI is InChI=1S/C18H28N4O3/c1-18(2,3)25-17(24)21-12-15-5-4-10-22(13-15)16(23)20-11-14-6-8-19-9-7-14/h6-9,15H,4-5,10-13H2,1-3H3,(H,20,23)(H,21,24)/t15-/m1/s1. The van der Waals surface area contributed by atoms with E-state index in [1.54, 1.807) is 12.4 Å². The van der Waals surface area contributed by atoms with Gasteiger partial charge in [-0.15, -0.1) is 0 Å². The van der Waals surface area contributed by atoms with Crippen molar-refractivity contribution in [2.45, 2.75) is 45.8 Å². The Balaban J connectivity index is 1.74. The summed E-state index contributed by atoms with van der Waals surface area (Å²) in [4.78, 5) is 29.8. The molecule has 2 heterocycles. The zero-order chi connectivity index (χ0) is 18.3. The third-order valence-electron chi connectivity index (χ3n) is 3.93. The van der Waals surface area contributed by atoms with Crippen molar-refractivity contribution < 1.29 is 14.3 Å². The largest absolute Gasteiger partial charge is 0.444 e. The number of carbonyl (C=O) groups is 2. The maximum atomic E-state index is 12.3. The van der Waals surface area contributed by atoms with Crippen molar-refractivity contribution in [3.05, 3.63) is 30.1 Å². The highest BCUT2D eigenvalue weighted by Crippen LogP contribution is 2.16. The van der Waals surface area contributed by atoms with Crippen LogP contribution in [0, 0.1) is 5.92 Å². The van der Waals surface area contributed by atoms with Gasteiger partial charge in [0.05, 0.1) is 0 Å². The summed E-state index contributed by atoms with van der Waals surface area (Å²) in [5.74, 6) is 0.243. The molecule has 7 heteroatoms. The molecule has 1 aliphatic rings. The summed E-state index contributed by atoms with van der Waals surface area (Å²) in [5, 5.41) is 5.73. The van der Waals surface area contributed by atoms with Crippen LogP contribution in [-0.4, -0.2) is 47.2 Å². The highest BCUT2D eigenvalue weighted by Gasteiger charge is 2.24. The van der Waals surface area contributed by atoms with Gasteiger partial charge in [0.1, 0.15) is 5.60 Å². The molecule has 0 bridgehead atoms. The highest BCUT2D eigenvalue weighted by atomic mass is 16.6. The first-order valence-corrected chi connectivity index (χ1v) is 8.72. The Hall–Kier alpha value is -2.31. The van der Waals surface area contributed by atoms with Crippen LogP contribution in [-0.2, 0) is 11.3 Å². The average Bonchev–Trinajstić information content (AvgIpc) is 2.57. The van der Waals surface area contributed by atoms with Gasteiger partial charge in [-0.1, -0.05) is 0 Å². The summed E-state index contributed by atoms with van der Waals surface area (Å²) in [5.41, 5.74) is 0.513. The molecule has 2 N–H and O–H groups in total. The lowest BCUT2D eigenvalue weighted by Crippen LogP contribution is -2.47. The van der Waals surface area contributed by atoms with Gasteiger partial charge < -0.3 is 20.3 Å². The molecule has 0 spiro atoms. The monoisotopic (exact) mass is 348 g/mol. The van der Waals surface area contributed by atoms with Crippen LogP contribution in [0.25, 0.3) is 0 Å². The minimum Gasteiger partial charge on any atom is -0.444 e. The molecule has 1 atom stereocenters. The molecule has 138 valence electrons. The van der Waals surface area contributed by atoms with E-state index in [9.17, 15) is 9.59 Å². The van der Waals surface area contributed by atoms with Crippen molar-refractivity contribution >= 4 is 12.1 Å². The Kier molecular flexibility index (Phi) is 6.61. The van der Waals surface area contributed by atoms with E-state index >= 15 is 0 Å². The molecule has 1 saturated heterocycles. The van der Waals surface area contributed by atoms with E-state index in [2.05, 4.69) is 15.6 Å². The van der Waals surface area contributed by atoms with Crippen molar-refractivity contribution in [2.75, 3.05) is 19.6 Å². The van der Waals surface area contributed by atoms with Crippen LogP contribution in [0.1, 0.15) is 39.2 Å². The van der Waals surface area contributed by atoms with E-state index in [4.69, 9.17) is 4.74 Å². The van der Waals surface area contributed by atoms with Crippen molar-refractivity contribution in [3.63, 3.8) is 0 Å². The molecule has 1 aromatic heterocycles. The van der Waals surface area contributed by atoms with E-state index in [0.29, 0.717) is 19.6 Å². The Labute approximate surface area is 149 Å².